The molecule has 0 saturated heterocycles. The largest absolute Gasteiger partial charge is 0.192 e. The van der Waals surface area contributed by atoms with Gasteiger partial charge in [0.05, 0.1) is 10.6 Å². The average Bonchev–Trinajstić information content (AvgIpc) is 2.42. The predicted octanol–water partition coefficient (Wildman–Crippen LogP) is 5.74. The standard InChI is InChI=1S/C14H9Cl2NS2/c1-18-12-3-2-4-13(10(12)8-17)19-14-7-9(15)5-6-11(14)16/h2-7H,1H3. The van der Waals surface area contributed by atoms with Gasteiger partial charge in [-0.15, -0.1) is 11.8 Å². The second-order valence-corrected chi connectivity index (χ2v) is 6.40. The topological polar surface area (TPSA) is 23.8 Å². The van der Waals surface area contributed by atoms with Gasteiger partial charge in [0.1, 0.15) is 6.07 Å². The number of hydrogen-bond acceptors (Lipinski definition) is 3. The van der Waals surface area contributed by atoms with E-state index in [1.807, 2.05) is 30.5 Å². The summed E-state index contributed by atoms with van der Waals surface area (Å²) < 4.78 is 0. The van der Waals surface area contributed by atoms with Gasteiger partial charge in [0, 0.05) is 19.7 Å². The van der Waals surface area contributed by atoms with Gasteiger partial charge in [-0.05, 0) is 36.6 Å². The number of rotatable bonds is 3. The molecule has 0 atom stereocenters. The summed E-state index contributed by atoms with van der Waals surface area (Å²) in [5.41, 5.74) is 0.677. The molecule has 0 aromatic heterocycles. The molecular formula is C14H9Cl2NS2. The molecule has 0 amide bonds. The van der Waals surface area contributed by atoms with E-state index in [2.05, 4.69) is 6.07 Å². The third kappa shape index (κ3) is 3.40. The van der Waals surface area contributed by atoms with Crippen LogP contribution in [0.4, 0.5) is 0 Å². The molecule has 0 aliphatic heterocycles. The van der Waals surface area contributed by atoms with E-state index in [9.17, 15) is 5.26 Å². The predicted molar refractivity (Wildman–Crippen MR) is 83.5 cm³/mol. The molecule has 0 spiro atoms. The first kappa shape index (κ1) is 14.6. The number of thioether (sulfide) groups is 1. The van der Waals surface area contributed by atoms with Crippen LogP contribution < -0.4 is 0 Å². The van der Waals surface area contributed by atoms with Crippen LogP contribution in [0.3, 0.4) is 0 Å². The lowest BCUT2D eigenvalue weighted by Gasteiger charge is -2.08. The first-order valence-electron chi connectivity index (χ1n) is 5.35. The number of nitrogens with zero attached hydrogens (tertiary/aromatic N) is 1. The Morgan fingerprint density at radius 2 is 1.79 bits per heavy atom. The van der Waals surface area contributed by atoms with Crippen LogP contribution in [-0.4, -0.2) is 6.26 Å². The quantitative estimate of drug-likeness (QED) is 0.672. The molecule has 1 nitrogen and oxygen atoms in total. The molecule has 0 N–H and O–H groups in total. The van der Waals surface area contributed by atoms with Crippen LogP contribution in [0.25, 0.3) is 0 Å². The summed E-state index contributed by atoms with van der Waals surface area (Å²) in [6, 6.07) is 13.4. The summed E-state index contributed by atoms with van der Waals surface area (Å²) in [7, 11) is 0. The van der Waals surface area contributed by atoms with E-state index < -0.39 is 0 Å². The van der Waals surface area contributed by atoms with Gasteiger partial charge in [0.2, 0.25) is 0 Å². The second-order valence-electron chi connectivity index (χ2n) is 3.62. The minimum atomic E-state index is 0.631. The minimum absolute atomic E-state index is 0.631. The molecule has 0 radical (unpaired) electrons. The van der Waals surface area contributed by atoms with Crippen molar-refractivity contribution in [3.05, 3.63) is 52.0 Å². The van der Waals surface area contributed by atoms with Crippen LogP contribution in [0.15, 0.2) is 51.1 Å². The van der Waals surface area contributed by atoms with Crippen LogP contribution in [0.1, 0.15) is 5.56 Å². The zero-order valence-electron chi connectivity index (χ0n) is 9.98. The van der Waals surface area contributed by atoms with E-state index in [0.717, 1.165) is 14.7 Å². The highest BCUT2D eigenvalue weighted by Crippen LogP contribution is 2.38. The molecule has 0 aliphatic carbocycles. The summed E-state index contributed by atoms with van der Waals surface area (Å²) in [4.78, 5) is 2.70. The third-order valence-corrected chi connectivity index (χ3v) is 5.01. The van der Waals surface area contributed by atoms with Crippen molar-refractivity contribution in [3.63, 3.8) is 0 Å². The lowest BCUT2D eigenvalue weighted by Crippen LogP contribution is -1.85. The minimum Gasteiger partial charge on any atom is -0.192 e. The molecule has 19 heavy (non-hydrogen) atoms. The zero-order valence-corrected chi connectivity index (χ0v) is 13.1. The van der Waals surface area contributed by atoms with Crippen LogP contribution >= 0.6 is 46.7 Å². The third-order valence-electron chi connectivity index (χ3n) is 2.43. The zero-order chi connectivity index (χ0) is 13.8. The maximum atomic E-state index is 9.30. The number of nitriles is 1. The number of halogens is 2. The van der Waals surface area contributed by atoms with Gasteiger partial charge in [-0.3, -0.25) is 0 Å². The second kappa shape index (κ2) is 6.58. The Hall–Kier alpha value is -0.790. The van der Waals surface area contributed by atoms with Crippen molar-refractivity contribution in [1.29, 1.82) is 5.26 Å². The van der Waals surface area contributed by atoms with Crippen molar-refractivity contribution in [3.8, 4) is 6.07 Å². The van der Waals surface area contributed by atoms with Crippen molar-refractivity contribution < 1.29 is 0 Å². The maximum Gasteiger partial charge on any atom is 0.101 e. The lowest BCUT2D eigenvalue weighted by atomic mass is 10.2. The molecule has 0 heterocycles. The fourth-order valence-corrected chi connectivity index (χ4v) is 3.65. The highest BCUT2D eigenvalue weighted by molar-refractivity contribution is 8.00. The molecule has 0 aliphatic rings. The van der Waals surface area contributed by atoms with Gasteiger partial charge < -0.3 is 0 Å². The normalized spacial score (nSPS) is 10.2. The molecular weight excluding hydrogens is 317 g/mol. The lowest BCUT2D eigenvalue weighted by molar-refractivity contribution is 1.25. The van der Waals surface area contributed by atoms with Gasteiger partial charge >= 0.3 is 0 Å². The van der Waals surface area contributed by atoms with Crippen molar-refractivity contribution in [2.45, 2.75) is 14.7 Å². The number of hydrogen-bond donors (Lipinski definition) is 0. The molecule has 2 aromatic carbocycles. The fourth-order valence-electron chi connectivity index (χ4n) is 1.55. The van der Waals surface area contributed by atoms with Gasteiger partial charge in [-0.1, -0.05) is 41.0 Å². The van der Waals surface area contributed by atoms with Crippen molar-refractivity contribution in [2.75, 3.05) is 6.26 Å². The van der Waals surface area contributed by atoms with E-state index >= 15 is 0 Å². The highest BCUT2D eigenvalue weighted by atomic mass is 35.5. The molecule has 5 heteroatoms. The van der Waals surface area contributed by atoms with E-state index in [-0.39, 0.29) is 0 Å². The molecule has 2 aromatic rings. The van der Waals surface area contributed by atoms with Gasteiger partial charge in [-0.2, -0.15) is 5.26 Å². The maximum absolute atomic E-state index is 9.30. The van der Waals surface area contributed by atoms with E-state index in [1.54, 1.807) is 23.9 Å². The van der Waals surface area contributed by atoms with Crippen molar-refractivity contribution >= 4 is 46.7 Å². The summed E-state index contributed by atoms with van der Waals surface area (Å²) in [6.45, 7) is 0. The Kier molecular flexibility index (Phi) is 5.06. The summed E-state index contributed by atoms with van der Waals surface area (Å²) in [5.74, 6) is 0. The Morgan fingerprint density at radius 3 is 2.47 bits per heavy atom. The Balaban J connectivity index is 2.44. The molecule has 0 unspecified atom stereocenters. The first-order chi connectivity index (χ1) is 9.15. The molecule has 0 saturated carbocycles. The van der Waals surface area contributed by atoms with E-state index in [0.29, 0.717) is 15.6 Å². The van der Waals surface area contributed by atoms with Gasteiger partial charge in [0.15, 0.2) is 0 Å². The molecule has 2 rings (SSSR count). The van der Waals surface area contributed by atoms with E-state index in [1.165, 1.54) is 11.8 Å². The van der Waals surface area contributed by atoms with E-state index in [4.69, 9.17) is 23.2 Å². The summed E-state index contributed by atoms with van der Waals surface area (Å²) in [6.07, 6.45) is 1.96. The number of benzene rings is 2. The summed E-state index contributed by atoms with van der Waals surface area (Å²) >= 11 is 15.1. The van der Waals surface area contributed by atoms with Crippen LogP contribution in [-0.2, 0) is 0 Å². The van der Waals surface area contributed by atoms with Crippen molar-refractivity contribution in [1.82, 2.24) is 0 Å². The first-order valence-corrected chi connectivity index (χ1v) is 8.15. The molecule has 0 bridgehead atoms. The highest BCUT2D eigenvalue weighted by Gasteiger charge is 2.11. The van der Waals surface area contributed by atoms with Crippen molar-refractivity contribution in [2.24, 2.45) is 0 Å². The Labute approximate surface area is 130 Å². The smallest absolute Gasteiger partial charge is 0.101 e. The average molecular weight is 326 g/mol. The van der Waals surface area contributed by atoms with Crippen LogP contribution in [0.2, 0.25) is 10.0 Å². The summed E-state index contributed by atoms with van der Waals surface area (Å²) in [5, 5.41) is 10.6. The Morgan fingerprint density at radius 1 is 1.05 bits per heavy atom. The molecule has 96 valence electrons. The monoisotopic (exact) mass is 325 g/mol. The SMILES string of the molecule is CSc1cccc(Sc2cc(Cl)ccc2Cl)c1C#N. The fraction of sp³-hybridized carbons (Fsp3) is 0.0714. The van der Waals surface area contributed by atoms with Gasteiger partial charge in [-0.25, -0.2) is 0 Å². The van der Waals surface area contributed by atoms with Crippen LogP contribution in [0.5, 0.6) is 0 Å². The Bertz CT molecular complexity index is 650. The van der Waals surface area contributed by atoms with Gasteiger partial charge in [0.25, 0.3) is 0 Å². The molecule has 0 fully saturated rings. The van der Waals surface area contributed by atoms with Crippen LogP contribution in [0, 0.1) is 11.3 Å².